The summed E-state index contributed by atoms with van der Waals surface area (Å²) in [7, 11) is 0. The first-order valence-corrected chi connectivity index (χ1v) is 6.24. The number of nitrogens with zero attached hydrogens (tertiary/aromatic N) is 1. The van der Waals surface area contributed by atoms with E-state index in [0.717, 1.165) is 5.56 Å². The van der Waals surface area contributed by atoms with Crippen LogP contribution in [0.1, 0.15) is 12.5 Å². The Morgan fingerprint density at radius 2 is 2.00 bits per heavy atom. The molecule has 0 spiro atoms. The number of halogens is 1. The predicted molar refractivity (Wildman–Crippen MR) is 72.6 cm³/mol. The third kappa shape index (κ3) is 3.78. The van der Waals surface area contributed by atoms with Crippen LogP contribution in [0, 0.1) is 5.82 Å². The van der Waals surface area contributed by atoms with Gasteiger partial charge in [-0.15, -0.1) is 0 Å². The van der Waals surface area contributed by atoms with E-state index < -0.39 is 11.9 Å². The van der Waals surface area contributed by atoms with Crippen molar-refractivity contribution in [2.45, 2.75) is 19.6 Å². The van der Waals surface area contributed by atoms with Gasteiger partial charge in [0.2, 0.25) is 0 Å². The molecule has 4 nitrogen and oxygen atoms in total. The standard InChI is InChI=1S/C15H15FN2O2/c1-11(20-14-5-3-2-4-13(14)16)15(19)18-10-12-6-8-17-9-7-12/h2-9,11H,10H2,1H3,(H,18,19). The molecule has 0 saturated carbocycles. The number of carbonyl (C=O) groups is 1. The molecule has 1 aromatic heterocycles. The Kier molecular flexibility index (Phi) is 4.65. The van der Waals surface area contributed by atoms with Crippen molar-refractivity contribution in [3.8, 4) is 5.75 Å². The molecule has 0 fully saturated rings. The first-order valence-electron chi connectivity index (χ1n) is 6.24. The van der Waals surface area contributed by atoms with Gasteiger partial charge in [-0.25, -0.2) is 4.39 Å². The normalized spacial score (nSPS) is 11.7. The highest BCUT2D eigenvalue weighted by atomic mass is 19.1. The van der Waals surface area contributed by atoms with Crippen molar-refractivity contribution < 1.29 is 13.9 Å². The number of pyridine rings is 1. The monoisotopic (exact) mass is 274 g/mol. The minimum Gasteiger partial charge on any atom is -0.478 e. The zero-order valence-electron chi connectivity index (χ0n) is 11.0. The van der Waals surface area contributed by atoms with Crippen LogP contribution in [0.25, 0.3) is 0 Å². The average molecular weight is 274 g/mol. The van der Waals surface area contributed by atoms with Gasteiger partial charge in [0.25, 0.3) is 5.91 Å². The zero-order valence-corrected chi connectivity index (χ0v) is 11.0. The van der Waals surface area contributed by atoms with Crippen molar-refractivity contribution in [3.05, 3.63) is 60.2 Å². The van der Waals surface area contributed by atoms with Gasteiger partial charge >= 0.3 is 0 Å². The molecule has 104 valence electrons. The highest BCUT2D eigenvalue weighted by molar-refractivity contribution is 5.80. The maximum Gasteiger partial charge on any atom is 0.261 e. The lowest BCUT2D eigenvalue weighted by molar-refractivity contribution is -0.127. The van der Waals surface area contributed by atoms with E-state index >= 15 is 0 Å². The molecule has 1 aromatic carbocycles. The maximum absolute atomic E-state index is 13.4. The van der Waals surface area contributed by atoms with Crippen LogP contribution in [0.4, 0.5) is 4.39 Å². The molecular weight excluding hydrogens is 259 g/mol. The van der Waals surface area contributed by atoms with Gasteiger partial charge in [-0.1, -0.05) is 12.1 Å². The summed E-state index contributed by atoms with van der Waals surface area (Å²) in [6.07, 6.45) is 2.54. The highest BCUT2D eigenvalue weighted by Gasteiger charge is 2.15. The van der Waals surface area contributed by atoms with Gasteiger partial charge < -0.3 is 10.1 Å². The summed E-state index contributed by atoms with van der Waals surface area (Å²) in [6.45, 7) is 1.96. The van der Waals surface area contributed by atoms with Crippen LogP contribution in [-0.2, 0) is 11.3 Å². The molecule has 0 aliphatic carbocycles. The number of hydrogen-bond donors (Lipinski definition) is 1. The maximum atomic E-state index is 13.4. The fraction of sp³-hybridized carbons (Fsp3) is 0.200. The molecule has 1 amide bonds. The second kappa shape index (κ2) is 6.65. The Morgan fingerprint density at radius 3 is 2.70 bits per heavy atom. The molecule has 1 heterocycles. The van der Waals surface area contributed by atoms with Gasteiger partial charge in [0.1, 0.15) is 0 Å². The minimum atomic E-state index is -0.770. The second-order valence-corrected chi connectivity index (χ2v) is 4.26. The Balaban J connectivity index is 1.88. The predicted octanol–water partition coefficient (Wildman–Crippen LogP) is 2.30. The summed E-state index contributed by atoms with van der Waals surface area (Å²) in [5.41, 5.74) is 0.937. The smallest absolute Gasteiger partial charge is 0.261 e. The number of para-hydroxylation sites is 1. The van der Waals surface area contributed by atoms with E-state index in [-0.39, 0.29) is 11.7 Å². The molecule has 0 radical (unpaired) electrons. The highest BCUT2D eigenvalue weighted by Crippen LogP contribution is 2.16. The number of ether oxygens (including phenoxy) is 1. The first-order chi connectivity index (χ1) is 9.66. The van der Waals surface area contributed by atoms with E-state index in [1.165, 1.54) is 12.1 Å². The third-order valence-corrected chi connectivity index (χ3v) is 2.73. The lowest BCUT2D eigenvalue weighted by Gasteiger charge is -2.15. The summed E-state index contributed by atoms with van der Waals surface area (Å²) in [5.74, 6) is -0.717. The van der Waals surface area contributed by atoms with Crippen molar-refractivity contribution in [1.82, 2.24) is 10.3 Å². The molecule has 2 aromatic rings. The molecule has 1 unspecified atom stereocenters. The lowest BCUT2D eigenvalue weighted by Crippen LogP contribution is -2.36. The lowest BCUT2D eigenvalue weighted by atomic mass is 10.2. The SMILES string of the molecule is CC(Oc1ccccc1F)C(=O)NCc1ccncc1. The van der Waals surface area contributed by atoms with E-state index in [1.54, 1.807) is 31.5 Å². The molecule has 0 aliphatic rings. The van der Waals surface area contributed by atoms with Gasteiger partial charge in [-0.3, -0.25) is 9.78 Å². The summed E-state index contributed by atoms with van der Waals surface area (Å²) in [6, 6.07) is 9.61. The topological polar surface area (TPSA) is 51.2 Å². The van der Waals surface area contributed by atoms with E-state index in [9.17, 15) is 9.18 Å². The number of hydrogen-bond acceptors (Lipinski definition) is 3. The zero-order chi connectivity index (χ0) is 14.4. The van der Waals surface area contributed by atoms with Crippen molar-refractivity contribution in [1.29, 1.82) is 0 Å². The number of carbonyl (C=O) groups excluding carboxylic acids is 1. The van der Waals surface area contributed by atoms with Crippen LogP contribution >= 0.6 is 0 Å². The van der Waals surface area contributed by atoms with Gasteiger partial charge in [0, 0.05) is 18.9 Å². The van der Waals surface area contributed by atoms with Gasteiger partial charge in [0.15, 0.2) is 17.7 Å². The van der Waals surface area contributed by atoms with E-state index in [2.05, 4.69) is 10.3 Å². The molecule has 1 atom stereocenters. The molecule has 0 saturated heterocycles. The van der Waals surface area contributed by atoms with Gasteiger partial charge in [0.05, 0.1) is 0 Å². The van der Waals surface area contributed by atoms with Crippen LogP contribution in [0.5, 0.6) is 5.75 Å². The van der Waals surface area contributed by atoms with Crippen molar-refractivity contribution in [3.63, 3.8) is 0 Å². The second-order valence-electron chi connectivity index (χ2n) is 4.26. The van der Waals surface area contributed by atoms with Crippen molar-refractivity contribution in [2.24, 2.45) is 0 Å². The third-order valence-electron chi connectivity index (χ3n) is 2.73. The number of amides is 1. The molecule has 1 N–H and O–H groups in total. The van der Waals surface area contributed by atoms with E-state index in [0.29, 0.717) is 6.54 Å². The quantitative estimate of drug-likeness (QED) is 0.910. The summed E-state index contributed by atoms with van der Waals surface area (Å²) in [5, 5.41) is 2.72. The first kappa shape index (κ1) is 14.0. The Bertz CT molecular complexity index is 575. The number of nitrogens with one attached hydrogen (secondary N) is 1. The summed E-state index contributed by atoms with van der Waals surface area (Å²) < 4.78 is 18.7. The Morgan fingerprint density at radius 1 is 1.30 bits per heavy atom. The molecule has 2 rings (SSSR count). The Labute approximate surface area is 116 Å². The van der Waals surface area contributed by atoms with Crippen LogP contribution in [0.15, 0.2) is 48.8 Å². The Hall–Kier alpha value is -2.43. The van der Waals surface area contributed by atoms with Gasteiger partial charge in [-0.05, 0) is 36.8 Å². The number of rotatable bonds is 5. The summed E-state index contributed by atoms with van der Waals surface area (Å²) in [4.78, 5) is 15.8. The van der Waals surface area contributed by atoms with Crippen molar-refractivity contribution >= 4 is 5.91 Å². The molecule has 5 heteroatoms. The number of aromatic nitrogens is 1. The van der Waals surface area contributed by atoms with Crippen LogP contribution in [-0.4, -0.2) is 17.0 Å². The number of benzene rings is 1. The molecule has 0 bridgehead atoms. The molecule has 0 aliphatic heterocycles. The van der Waals surface area contributed by atoms with Crippen LogP contribution < -0.4 is 10.1 Å². The van der Waals surface area contributed by atoms with E-state index in [4.69, 9.17) is 4.74 Å². The fourth-order valence-corrected chi connectivity index (χ4v) is 1.62. The minimum absolute atomic E-state index is 0.0686. The van der Waals surface area contributed by atoms with Gasteiger partial charge in [-0.2, -0.15) is 0 Å². The summed E-state index contributed by atoms with van der Waals surface area (Å²) >= 11 is 0. The van der Waals surface area contributed by atoms with Crippen LogP contribution in [0.3, 0.4) is 0 Å². The van der Waals surface area contributed by atoms with Crippen LogP contribution in [0.2, 0.25) is 0 Å². The fourth-order valence-electron chi connectivity index (χ4n) is 1.62. The molecule has 20 heavy (non-hydrogen) atoms. The van der Waals surface area contributed by atoms with Crippen molar-refractivity contribution in [2.75, 3.05) is 0 Å². The average Bonchev–Trinajstić information content (AvgIpc) is 2.48. The largest absolute Gasteiger partial charge is 0.478 e. The molecular formula is C15H15FN2O2. The van der Waals surface area contributed by atoms with E-state index in [1.807, 2.05) is 12.1 Å².